The smallest absolute Gasteiger partial charge is 0.0491 e. The fourth-order valence-corrected chi connectivity index (χ4v) is 4.91. The van der Waals surface area contributed by atoms with Gasteiger partial charge in [0, 0.05) is 30.8 Å². The first-order chi connectivity index (χ1) is 10.4. The summed E-state index contributed by atoms with van der Waals surface area (Å²) < 4.78 is 2.79. The van der Waals surface area contributed by atoms with Crippen molar-refractivity contribution in [2.24, 2.45) is 0 Å². The van der Waals surface area contributed by atoms with Gasteiger partial charge in [0.05, 0.1) is 0 Å². The van der Waals surface area contributed by atoms with E-state index >= 15 is 0 Å². The Bertz CT molecular complexity index is 891. The van der Waals surface area contributed by atoms with E-state index in [1.165, 1.54) is 30.6 Å². The molecule has 1 heterocycles. The number of fused-ring (bicyclic) bond motifs is 3. The summed E-state index contributed by atoms with van der Waals surface area (Å²) in [4.78, 5) is 1.39. The zero-order valence-corrected chi connectivity index (χ0v) is 13.1. The van der Waals surface area contributed by atoms with Crippen LogP contribution in [0.3, 0.4) is 0 Å². The fourth-order valence-electron chi connectivity index (χ4n) is 2.57. The molecule has 0 N–H and O–H groups in total. The highest BCUT2D eigenvalue weighted by Crippen LogP contribution is 2.40. The van der Waals surface area contributed by atoms with Gasteiger partial charge in [-0.25, -0.2) is 0 Å². The first-order valence-electron chi connectivity index (χ1n) is 6.99. The molecule has 0 amide bonds. The number of benzene rings is 3. The van der Waals surface area contributed by atoms with Gasteiger partial charge in [-0.2, -0.15) is 0 Å². The van der Waals surface area contributed by atoms with E-state index in [1.54, 1.807) is 0 Å². The molecule has 1 aromatic heterocycles. The van der Waals surface area contributed by atoms with Gasteiger partial charge in [0.1, 0.15) is 0 Å². The summed E-state index contributed by atoms with van der Waals surface area (Å²) in [5.74, 6) is 1.02. The summed E-state index contributed by atoms with van der Waals surface area (Å²) in [6.07, 6.45) is 0. The predicted octanol–water partition coefficient (Wildman–Crippen LogP) is 6.35. The number of hydrogen-bond donors (Lipinski definition) is 0. The van der Waals surface area contributed by atoms with Crippen molar-refractivity contribution in [3.05, 3.63) is 78.4 Å². The van der Waals surface area contributed by atoms with E-state index in [2.05, 4.69) is 72.8 Å². The molecule has 0 aliphatic rings. The van der Waals surface area contributed by atoms with E-state index in [4.69, 9.17) is 0 Å². The Hall–Kier alpha value is -1.77. The molecule has 0 nitrogen and oxygen atoms in total. The average Bonchev–Trinajstić information content (AvgIpc) is 2.93. The second kappa shape index (κ2) is 5.55. The number of thioether (sulfide) groups is 1. The Morgan fingerprint density at radius 1 is 0.714 bits per heavy atom. The van der Waals surface area contributed by atoms with E-state index in [1.807, 2.05) is 23.1 Å². The highest BCUT2D eigenvalue weighted by Gasteiger charge is 2.08. The van der Waals surface area contributed by atoms with E-state index in [0.717, 1.165) is 5.75 Å². The van der Waals surface area contributed by atoms with Gasteiger partial charge in [-0.1, -0.05) is 60.7 Å². The van der Waals surface area contributed by atoms with Crippen molar-refractivity contribution in [1.82, 2.24) is 0 Å². The number of rotatable bonds is 3. The molecular formula is C19H14S2. The molecule has 0 saturated heterocycles. The molecular weight excluding hydrogens is 292 g/mol. The molecule has 0 radical (unpaired) electrons. The minimum atomic E-state index is 1.02. The second-order valence-corrected chi connectivity index (χ2v) is 7.07. The monoisotopic (exact) mass is 306 g/mol. The van der Waals surface area contributed by atoms with Crippen molar-refractivity contribution in [2.75, 3.05) is 0 Å². The van der Waals surface area contributed by atoms with Crippen molar-refractivity contribution in [2.45, 2.75) is 10.6 Å². The third-order valence-corrected chi connectivity index (χ3v) is 6.08. The van der Waals surface area contributed by atoms with E-state index in [0.29, 0.717) is 0 Å². The quantitative estimate of drug-likeness (QED) is 0.398. The molecule has 0 bridgehead atoms. The highest BCUT2D eigenvalue weighted by atomic mass is 32.2. The van der Waals surface area contributed by atoms with Gasteiger partial charge in [0.15, 0.2) is 0 Å². The molecule has 3 aromatic carbocycles. The molecule has 102 valence electrons. The summed E-state index contributed by atoms with van der Waals surface area (Å²) in [6.45, 7) is 0. The van der Waals surface area contributed by atoms with Crippen LogP contribution in [0.25, 0.3) is 20.2 Å². The van der Waals surface area contributed by atoms with Crippen LogP contribution in [0.4, 0.5) is 0 Å². The second-order valence-electron chi connectivity index (χ2n) is 5.01. The summed E-state index contributed by atoms with van der Waals surface area (Å²) in [7, 11) is 0. The SMILES string of the molecule is c1ccc(CSc2cccc3c2sc2ccccc23)cc1. The summed E-state index contributed by atoms with van der Waals surface area (Å²) in [5, 5.41) is 2.76. The molecule has 0 unspecified atom stereocenters. The standard InChI is InChI=1S/C19H14S2/c1-2-7-14(8-3-1)13-20-18-12-6-10-16-15-9-4-5-11-17(15)21-19(16)18/h1-12H,13H2. The molecule has 0 spiro atoms. The van der Waals surface area contributed by atoms with Gasteiger partial charge in [0.2, 0.25) is 0 Å². The molecule has 4 rings (SSSR count). The van der Waals surface area contributed by atoms with Crippen molar-refractivity contribution in [3.63, 3.8) is 0 Å². The van der Waals surface area contributed by atoms with Crippen LogP contribution in [0, 0.1) is 0 Å². The van der Waals surface area contributed by atoms with Crippen molar-refractivity contribution in [1.29, 1.82) is 0 Å². The Morgan fingerprint density at radius 3 is 2.38 bits per heavy atom. The lowest BCUT2D eigenvalue weighted by Crippen LogP contribution is -1.79. The first-order valence-corrected chi connectivity index (χ1v) is 8.79. The van der Waals surface area contributed by atoms with Gasteiger partial charge >= 0.3 is 0 Å². The Kier molecular flexibility index (Phi) is 3.42. The fraction of sp³-hybridized carbons (Fsp3) is 0.0526. The van der Waals surface area contributed by atoms with Crippen LogP contribution in [-0.2, 0) is 5.75 Å². The third kappa shape index (κ3) is 2.45. The predicted molar refractivity (Wildman–Crippen MR) is 95.3 cm³/mol. The molecule has 21 heavy (non-hydrogen) atoms. The molecule has 0 atom stereocenters. The summed E-state index contributed by atoms with van der Waals surface area (Å²) >= 11 is 3.83. The highest BCUT2D eigenvalue weighted by molar-refractivity contribution is 7.99. The topological polar surface area (TPSA) is 0 Å². The minimum Gasteiger partial charge on any atom is -0.134 e. The van der Waals surface area contributed by atoms with Crippen molar-refractivity contribution >= 4 is 43.3 Å². The maximum Gasteiger partial charge on any atom is 0.0491 e. The van der Waals surface area contributed by atoms with Crippen molar-refractivity contribution in [3.8, 4) is 0 Å². The largest absolute Gasteiger partial charge is 0.134 e. The van der Waals surface area contributed by atoms with Gasteiger partial charge in [-0.05, 0) is 17.7 Å². The molecule has 4 aromatic rings. The van der Waals surface area contributed by atoms with Gasteiger partial charge in [0.25, 0.3) is 0 Å². The van der Waals surface area contributed by atoms with E-state index in [9.17, 15) is 0 Å². The number of thiophene rings is 1. The van der Waals surface area contributed by atoms with Crippen LogP contribution < -0.4 is 0 Å². The van der Waals surface area contributed by atoms with Gasteiger partial charge in [-0.15, -0.1) is 23.1 Å². The normalized spacial score (nSPS) is 11.2. The lowest BCUT2D eigenvalue weighted by Gasteiger charge is -2.03. The lowest BCUT2D eigenvalue weighted by molar-refractivity contribution is 1.40. The van der Waals surface area contributed by atoms with E-state index < -0.39 is 0 Å². The van der Waals surface area contributed by atoms with Crippen LogP contribution in [-0.4, -0.2) is 0 Å². The molecule has 0 fully saturated rings. The zero-order chi connectivity index (χ0) is 14.1. The van der Waals surface area contributed by atoms with Crippen LogP contribution in [0.5, 0.6) is 0 Å². The Labute approximate surface area is 132 Å². The van der Waals surface area contributed by atoms with Crippen LogP contribution in [0.15, 0.2) is 77.7 Å². The molecule has 0 saturated carbocycles. The summed E-state index contributed by atoms with van der Waals surface area (Å²) in [6, 6.07) is 26.0. The Balaban J connectivity index is 1.75. The first kappa shape index (κ1) is 12.9. The third-order valence-electron chi connectivity index (χ3n) is 3.61. The molecule has 0 aliphatic carbocycles. The zero-order valence-electron chi connectivity index (χ0n) is 11.5. The maximum absolute atomic E-state index is 2.24. The van der Waals surface area contributed by atoms with Crippen molar-refractivity contribution < 1.29 is 0 Å². The lowest BCUT2D eigenvalue weighted by atomic mass is 10.1. The van der Waals surface area contributed by atoms with Gasteiger partial charge < -0.3 is 0 Å². The molecule has 2 heteroatoms. The Morgan fingerprint density at radius 2 is 1.48 bits per heavy atom. The number of hydrogen-bond acceptors (Lipinski definition) is 2. The van der Waals surface area contributed by atoms with E-state index in [-0.39, 0.29) is 0 Å². The summed E-state index contributed by atoms with van der Waals surface area (Å²) in [5.41, 5.74) is 1.38. The molecule has 0 aliphatic heterocycles. The van der Waals surface area contributed by atoms with Crippen LogP contribution >= 0.6 is 23.1 Å². The van der Waals surface area contributed by atoms with Crippen LogP contribution in [0.2, 0.25) is 0 Å². The maximum atomic E-state index is 2.24. The van der Waals surface area contributed by atoms with Crippen LogP contribution in [0.1, 0.15) is 5.56 Å². The minimum absolute atomic E-state index is 1.02. The van der Waals surface area contributed by atoms with Gasteiger partial charge in [-0.3, -0.25) is 0 Å². The average molecular weight is 306 g/mol.